The predicted octanol–water partition coefficient (Wildman–Crippen LogP) is 3.54. The van der Waals surface area contributed by atoms with Crippen molar-refractivity contribution < 1.29 is 14.3 Å². The number of Topliss-reactive ketones (excluding diaryl/α,β-unsaturated/α-hetero) is 1. The number of piperidine rings is 1. The predicted molar refractivity (Wildman–Crippen MR) is 75.1 cm³/mol. The smallest absolute Gasteiger partial charge is 0.410 e. The second-order valence-corrected chi connectivity index (χ2v) is 6.26. The fourth-order valence-electron chi connectivity index (χ4n) is 2.32. The lowest BCUT2D eigenvalue weighted by molar-refractivity contribution is -0.125. The van der Waals surface area contributed by atoms with Crippen LogP contribution in [0.3, 0.4) is 0 Å². The van der Waals surface area contributed by atoms with Gasteiger partial charge in [-0.2, -0.15) is 0 Å². The summed E-state index contributed by atoms with van der Waals surface area (Å²) in [6.07, 6.45) is 4.88. The van der Waals surface area contributed by atoms with Crippen LogP contribution in [0.25, 0.3) is 0 Å². The minimum absolute atomic E-state index is 0.187. The number of rotatable bonds is 4. The van der Waals surface area contributed by atoms with Crippen molar-refractivity contribution in [3.63, 3.8) is 0 Å². The summed E-state index contributed by atoms with van der Waals surface area (Å²) in [6, 6.07) is -0.268. The van der Waals surface area contributed by atoms with E-state index in [0.717, 1.165) is 32.1 Å². The van der Waals surface area contributed by atoms with Gasteiger partial charge in [0.1, 0.15) is 5.60 Å². The summed E-state index contributed by atoms with van der Waals surface area (Å²) in [7, 11) is 0. The van der Waals surface area contributed by atoms with Crippen LogP contribution >= 0.6 is 0 Å². The Morgan fingerprint density at radius 3 is 2.53 bits per heavy atom. The number of likely N-dealkylation sites (tertiary alicyclic amines) is 1. The van der Waals surface area contributed by atoms with Crippen molar-refractivity contribution in [1.29, 1.82) is 0 Å². The molecule has 1 fully saturated rings. The van der Waals surface area contributed by atoms with Crippen molar-refractivity contribution in [2.45, 2.75) is 77.9 Å². The highest BCUT2D eigenvalue weighted by atomic mass is 16.6. The van der Waals surface area contributed by atoms with Crippen LogP contribution in [-0.2, 0) is 9.53 Å². The minimum atomic E-state index is -0.508. The van der Waals surface area contributed by atoms with Crippen molar-refractivity contribution >= 4 is 11.9 Å². The van der Waals surface area contributed by atoms with Crippen LogP contribution in [0.1, 0.15) is 66.2 Å². The zero-order valence-electron chi connectivity index (χ0n) is 12.7. The lowest BCUT2D eigenvalue weighted by atomic mass is 9.96. The van der Waals surface area contributed by atoms with Gasteiger partial charge in [-0.3, -0.25) is 9.69 Å². The van der Waals surface area contributed by atoms with Crippen LogP contribution in [-0.4, -0.2) is 35.0 Å². The van der Waals surface area contributed by atoms with Gasteiger partial charge in [0.05, 0.1) is 6.04 Å². The molecule has 1 unspecified atom stereocenters. The third-order valence-electron chi connectivity index (χ3n) is 3.28. The highest BCUT2D eigenvalue weighted by Gasteiger charge is 2.34. The molecular weight excluding hydrogens is 242 g/mol. The van der Waals surface area contributed by atoms with Crippen LogP contribution in [0.5, 0.6) is 0 Å². The highest BCUT2D eigenvalue weighted by molar-refractivity contribution is 5.87. The minimum Gasteiger partial charge on any atom is -0.444 e. The fraction of sp³-hybridized carbons (Fsp3) is 0.867. The monoisotopic (exact) mass is 269 g/mol. The van der Waals surface area contributed by atoms with Gasteiger partial charge in [0.2, 0.25) is 0 Å². The van der Waals surface area contributed by atoms with Crippen molar-refractivity contribution in [3.05, 3.63) is 0 Å². The SMILES string of the molecule is CCCCC(=O)C1CCCCN1C(=O)OC(C)(C)C. The molecule has 0 aliphatic carbocycles. The quantitative estimate of drug-likeness (QED) is 0.784. The first-order valence-corrected chi connectivity index (χ1v) is 7.37. The molecule has 0 aromatic heterocycles. The number of ketones is 1. The van der Waals surface area contributed by atoms with Crippen molar-refractivity contribution in [3.8, 4) is 0 Å². The summed E-state index contributed by atoms with van der Waals surface area (Å²) in [4.78, 5) is 26.0. The topological polar surface area (TPSA) is 46.6 Å². The van der Waals surface area contributed by atoms with Gasteiger partial charge in [-0.05, 0) is 46.5 Å². The molecule has 4 nitrogen and oxygen atoms in total. The van der Waals surface area contributed by atoms with Gasteiger partial charge in [-0.1, -0.05) is 13.3 Å². The second-order valence-electron chi connectivity index (χ2n) is 6.26. The van der Waals surface area contributed by atoms with E-state index in [1.807, 2.05) is 20.8 Å². The highest BCUT2D eigenvalue weighted by Crippen LogP contribution is 2.22. The molecule has 0 saturated carbocycles. The third-order valence-corrected chi connectivity index (χ3v) is 3.28. The molecule has 0 bridgehead atoms. The molecule has 1 aliphatic heterocycles. The van der Waals surface area contributed by atoms with Crippen LogP contribution in [0.15, 0.2) is 0 Å². The molecule has 110 valence electrons. The Balaban J connectivity index is 2.66. The van der Waals surface area contributed by atoms with E-state index in [9.17, 15) is 9.59 Å². The molecule has 1 amide bonds. The molecule has 0 aromatic rings. The summed E-state index contributed by atoms with van der Waals surface area (Å²) < 4.78 is 5.40. The number of carbonyl (C=O) groups is 2. The van der Waals surface area contributed by atoms with E-state index in [1.165, 1.54) is 0 Å². The average molecular weight is 269 g/mol. The first kappa shape index (κ1) is 16.0. The van der Waals surface area contributed by atoms with Crippen LogP contribution in [0, 0.1) is 0 Å². The molecular formula is C15H27NO3. The molecule has 19 heavy (non-hydrogen) atoms. The Bertz CT molecular complexity index is 320. The summed E-state index contributed by atoms with van der Waals surface area (Å²) in [6.45, 7) is 8.26. The van der Waals surface area contributed by atoms with Crippen molar-refractivity contribution in [2.24, 2.45) is 0 Å². The molecule has 1 saturated heterocycles. The third kappa shape index (κ3) is 5.21. The number of hydrogen-bond donors (Lipinski definition) is 0. The van der Waals surface area contributed by atoms with E-state index < -0.39 is 5.60 Å². The van der Waals surface area contributed by atoms with Crippen molar-refractivity contribution in [1.82, 2.24) is 4.90 Å². The number of carbonyl (C=O) groups excluding carboxylic acids is 2. The Morgan fingerprint density at radius 2 is 1.95 bits per heavy atom. The molecule has 1 heterocycles. The van der Waals surface area contributed by atoms with E-state index >= 15 is 0 Å². The number of ether oxygens (including phenoxy) is 1. The first-order chi connectivity index (χ1) is 8.85. The molecule has 1 aliphatic rings. The van der Waals surface area contributed by atoms with Gasteiger partial charge in [0.15, 0.2) is 5.78 Å². The number of nitrogens with zero attached hydrogens (tertiary/aromatic N) is 1. The molecule has 4 heteroatoms. The Morgan fingerprint density at radius 1 is 1.26 bits per heavy atom. The molecule has 0 radical (unpaired) electrons. The van der Waals surface area contributed by atoms with Crippen LogP contribution < -0.4 is 0 Å². The summed E-state index contributed by atoms with van der Waals surface area (Å²) in [5.74, 6) is 0.187. The van der Waals surface area contributed by atoms with Gasteiger partial charge < -0.3 is 4.74 Å². The summed E-state index contributed by atoms with van der Waals surface area (Å²) >= 11 is 0. The van der Waals surface area contributed by atoms with Crippen LogP contribution in [0.2, 0.25) is 0 Å². The fourth-order valence-corrected chi connectivity index (χ4v) is 2.32. The maximum Gasteiger partial charge on any atom is 0.410 e. The summed E-state index contributed by atoms with van der Waals surface area (Å²) in [5.41, 5.74) is -0.508. The van der Waals surface area contributed by atoms with E-state index in [0.29, 0.717) is 13.0 Å². The van der Waals surface area contributed by atoms with E-state index in [4.69, 9.17) is 4.74 Å². The number of unbranched alkanes of at least 4 members (excludes halogenated alkanes) is 1. The maximum absolute atomic E-state index is 12.2. The summed E-state index contributed by atoms with van der Waals surface area (Å²) in [5, 5.41) is 0. The standard InChI is InChI=1S/C15H27NO3/c1-5-6-10-13(17)12-9-7-8-11-16(12)14(18)19-15(2,3)4/h12H,5-11H2,1-4H3. The van der Waals surface area contributed by atoms with Gasteiger partial charge in [-0.25, -0.2) is 4.79 Å². The zero-order valence-corrected chi connectivity index (χ0v) is 12.7. The molecule has 0 aromatic carbocycles. The largest absolute Gasteiger partial charge is 0.444 e. The Kier molecular flexibility index (Phi) is 5.83. The Labute approximate surface area is 116 Å². The molecule has 0 N–H and O–H groups in total. The number of amides is 1. The normalized spacial score (nSPS) is 20.2. The lowest BCUT2D eigenvalue weighted by Crippen LogP contribution is -2.49. The van der Waals surface area contributed by atoms with E-state index in [2.05, 4.69) is 6.92 Å². The molecule has 0 spiro atoms. The van der Waals surface area contributed by atoms with Gasteiger partial charge in [0.25, 0.3) is 0 Å². The lowest BCUT2D eigenvalue weighted by Gasteiger charge is -2.35. The molecule has 1 atom stereocenters. The van der Waals surface area contributed by atoms with Gasteiger partial charge in [-0.15, -0.1) is 0 Å². The second kappa shape index (κ2) is 6.92. The van der Waals surface area contributed by atoms with Gasteiger partial charge in [0, 0.05) is 13.0 Å². The first-order valence-electron chi connectivity index (χ1n) is 7.37. The zero-order chi connectivity index (χ0) is 14.5. The van der Waals surface area contributed by atoms with Crippen molar-refractivity contribution in [2.75, 3.05) is 6.54 Å². The maximum atomic E-state index is 12.2. The van der Waals surface area contributed by atoms with E-state index in [1.54, 1.807) is 4.90 Å². The molecule has 1 rings (SSSR count). The van der Waals surface area contributed by atoms with Crippen LogP contribution in [0.4, 0.5) is 4.79 Å². The average Bonchev–Trinajstić information content (AvgIpc) is 2.34. The Hall–Kier alpha value is -1.06. The van der Waals surface area contributed by atoms with Gasteiger partial charge >= 0.3 is 6.09 Å². The number of hydrogen-bond acceptors (Lipinski definition) is 3. The van der Waals surface area contributed by atoms with E-state index in [-0.39, 0.29) is 17.9 Å².